The quantitative estimate of drug-likeness (QED) is 0.619. The summed E-state index contributed by atoms with van der Waals surface area (Å²) >= 11 is 12.3. The number of sulfonamides is 1. The fraction of sp³-hybridized carbons (Fsp3) is 0.458. The van der Waals surface area contributed by atoms with Gasteiger partial charge in [-0.1, -0.05) is 29.3 Å². The van der Waals surface area contributed by atoms with E-state index in [0.29, 0.717) is 41.5 Å². The van der Waals surface area contributed by atoms with Crippen LogP contribution in [-0.2, 0) is 20.6 Å². The zero-order valence-corrected chi connectivity index (χ0v) is 21.5. The summed E-state index contributed by atoms with van der Waals surface area (Å²) in [5, 5.41) is 3.66. The molecule has 0 bridgehead atoms. The van der Waals surface area contributed by atoms with Gasteiger partial charge in [-0.25, -0.2) is 12.7 Å². The van der Waals surface area contributed by atoms with Gasteiger partial charge in [0.25, 0.3) is 0 Å². The summed E-state index contributed by atoms with van der Waals surface area (Å²) < 4.78 is 27.2. The number of halogens is 2. The third kappa shape index (κ3) is 6.04. The van der Waals surface area contributed by atoms with Crippen LogP contribution in [0.5, 0.6) is 0 Å². The monoisotopic (exact) mass is 524 g/mol. The van der Waals surface area contributed by atoms with E-state index in [-0.39, 0.29) is 17.6 Å². The first-order valence-corrected chi connectivity index (χ1v) is 13.8. The molecule has 0 atom stereocenters. The summed E-state index contributed by atoms with van der Waals surface area (Å²) in [4.78, 5) is 17.5. The molecule has 0 saturated carbocycles. The minimum absolute atomic E-state index is 0.0708. The second-order valence-corrected chi connectivity index (χ2v) is 11.7. The SMILES string of the molecule is CN1CCN(c2ccc(NC(=O)C3CCN(S(=O)(=O)Cc4c(Cl)cccc4Cl)CC3)cc2)CC1. The Morgan fingerprint density at radius 2 is 1.53 bits per heavy atom. The van der Waals surface area contributed by atoms with E-state index in [1.54, 1.807) is 18.2 Å². The molecule has 2 aliphatic rings. The first-order chi connectivity index (χ1) is 16.2. The molecule has 0 spiro atoms. The average Bonchev–Trinajstić information content (AvgIpc) is 2.83. The number of nitrogens with zero attached hydrogens (tertiary/aromatic N) is 3. The molecule has 2 aromatic carbocycles. The van der Waals surface area contributed by atoms with Gasteiger partial charge in [0.15, 0.2) is 0 Å². The highest BCUT2D eigenvalue weighted by atomic mass is 35.5. The topological polar surface area (TPSA) is 73.0 Å². The Kier molecular flexibility index (Phi) is 8.05. The van der Waals surface area contributed by atoms with Gasteiger partial charge in [0.2, 0.25) is 15.9 Å². The molecular weight excluding hydrogens is 495 g/mol. The van der Waals surface area contributed by atoms with Crippen molar-refractivity contribution in [3.05, 3.63) is 58.1 Å². The number of carbonyl (C=O) groups excluding carboxylic acids is 1. The van der Waals surface area contributed by atoms with E-state index in [0.717, 1.165) is 37.6 Å². The minimum atomic E-state index is -3.58. The number of amides is 1. The van der Waals surface area contributed by atoms with Crippen molar-refractivity contribution in [1.29, 1.82) is 0 Å². The number of rotatable bonds is 6. The number of anilines is 2. The van der Waals surface area contributed by atoms with Gasteiger partial charge in [0.1, 0.15) is 0 Å². The average molecular weight is 526 g/mol. The highest BCUT2D eigenvalue weighted by Crippen LogP contribution is 2.29. The van der Waals surface area contributed by atoms with Gasteiger partial charge in [0, 0.05) is 72.2 Å². The van der Waals surface area contributed by atoms with E-state index in [2.05, 4.69) is 22.2 Å². The molecule has 34 heavy (non-hydrogen) atoms. The second kappa shape index (κ2) is 10.8. The van der Waals surface area contributed by atoms with Gasteiger partial charge in [-0.05, 0) is 56.3 Å². The number of carbonyl (C=O) groups is 1. The normalized spacial score (nSPS) is 18.7. The fourth-order valence-corrected chi connectivity index (χ4v) is 6.72. The first-order valence-electron chi connectivity index (χ1n) is 11.5. The van der Waals surface area contributed by atoms with Crippen LogP contribution in [0.1, 0.15) is 18.4 Å². The van der Waals surface area contributed by atoms with E-state index in [1.165, 1.54) is 4.31 Å². The van der Waals surface area contributed by atoms with Crippen LogP contribution in [0.15, 0.2) is 42.5 Å². The number of nitrogens with one attached hydrogen (secondary N) is 1. The van der Waals surface area contributed by atoms with E-state index in [4.69, 9.17) is 23.2 Å². The molecule has 2 heterocycles. The van der Waals surface area contributed by atoms with Crippen LogP contribution in [0, 0.1) is 5.92 Å². The standard InChI is InChI=1S/C24H30Cl2N4O3S/c1-28-13-15-29(16-14-28)20-7-5-19(6-8-20)27-24(31)18-9-11-30(12-10-18)34(32,33)17-21-22(25)3-2-4-23(21)26/h2-8,18H,9-17H2,1H3,(H,27,31). The van der Waals surface area contributed by atoms with Crippen LogP contribution in [-0.4, -0.2) is 69.8 Å². The molecule has 2 aliphatic heterocycles. The van der Waals surface area contributed by atoms with Crippen molar-refractivity contribution in [1.82, 2.24) is 9.21 Å². The molecule has 7 nitrogen and oxygen atoms in total. The van der Waals surface area contributed by atoms with E-state index in [1.807, 2.05) is 24.3 Å². The molecule has 1 N–H and O–H groups in total. The van der Waals surface area contributed by atoms with Crippen molar-refractivity contribution in [3.63, 3.8) is 0 Å². The fourth-order valence-electron chi connectivity index (χ4n) is 4.40. The maximum atomic E-state index is 12.9. The van der Waals surface area contributed by atoms with Gasteiger partial charge in [0.05, 0.1) is 5.75 Å². The summed E-state index contributed by atoms with van der Waals surface area (Å²) in [7, 11) is -1.45. The van der Waals surface area contributed by atoms with Crippen LogP contribution < -0.4 is 10.2 Å². The highest BCUT2D eigenvalue weighted by molar-refractivity contribution is 7.88. The molecule has 2 saturated heterocycles. The number of benzene rings is 2. The lowest BCUT2D eigenvalue weighted by atomic mass is 9.97. The van der Waals surface area contributed by atoms with E-state index >= 15 is 0 Å². The Hall–Kier alpha value is -1.84. The summed E-state index contributed by atoms with van der Waals surface area (Å²) in [5.41, 5.74) is 2.32. The maximum Gasteiger partial charge on any atom is 0.227 e. The van der Waals surface area contributed by atoms with Gasteiger partial charge in [-0.15, -0.1) is 0 Å². The van der Waals surface area contributed by atoms with Crippen LogP contribution >= 0.6 is 23.2 Å². The molecule has 0 unspecified atom stereocenters. The highest BCUT2D eigenvalue weighted by Gasteiger charge is 2.32. The van der Waals surface area contributed by atoms with Crippen molar-refractivity contribution < 1.29 is 13.2 Å². The van der Waals surface area contributed by atoms with Crippen molar-refractivity contribution in [2.24, 2.45) is 5.92 Å². The Bertz CT molecular complexity index is 1090. The van der Waals surface area contributed by atoms with Crippen molar-refractivity contribution >= 4 is 50.5 Å². The zero-order chi connectivity index (χ0) is 24.3. The summed E-state index contributed by atoms with van der Waals surface area (Å²) in [6.07, 6.45) is 0.946. The summed E-state index contributed by atoms with van der Waals surface area (Å²) in [5.74, 6) is -0.548. The number of hydrogen-bond donors (Lipinski definition) is 1. The Balaban J connectivity index is 1.29. The van der Waals surface area contributed by atoms with Crippen molar-refractivity contribution in [2.75, 3.05) is 56.5 Å². The van der Waals surface area contributed by atoms with Gasteiger partial charge in [-0.3, -0.25) is 4.79 Å². The number of likely N-dealkylation sites (N-methyl/N-ethyl adjacent to an activating group) is 1. The van der Waals surface area contributed by atoms with Crippen LogP contribution in [0.2, 0.25) is 10.0 Å². The third-order valence-electron chi connectivity index (χ3n) is 6.61. The van der Waals surface area contributed by atoms with Crippen LogP contribution in [0.3, 0.4) is 0 Å². The maximum absolute atomic E-state index is 12.9. The van der Waals surface area contributed by atoms with Gasteiger partial charge in [-0.2, -0.15) is 0 Å². The van der Waals surface area contributed by atoms with Gasteiger partial charge >= 0.3 is 0 Å². The molecular formula is C24H30Cl2N4O3S. The lowest BCUT2D eigenvalue weighted by Gasteiger charge is -2.34. The van der Waals surface area contributed by atoms with Crippen LogP contribution in [0.4, 0.5) is 11.4 Å². The van der Waals surface area contributed by atoms with Crippen molar-refractivity contribution in [2.45, 2.75) is 18.6 Å². The third-order valence-corrected chi connectivity index (χ3v) is 9.12. The number of hydrogen-bond acceptors (Lipinski definition) is 5. The molecule has 184 valence electrons. The summed E-state index contributed by atoms with van der Waals surface area (Å²) in [6, 6.07) is 12.9. The number of piperazine rings is 1. The predicted molar refractivity (Wildman–Crippen MR) is 138 cm³/mol. The molecule has 10 heteroatoms. The lowest BCUT2D eigenvalue weighted by Crippen LogP contribution is -2.44. The Morgan fingerprint density at radius 3 is 2.12 bits per heavy atom. The summed E-state index contributed by atoms with van der Waals surface area (Å²) in [6.45, 7) is 4.66. The zero-order valence-electron chi connectivity index (χ0n) is 19.2. The Morgan fingerprint density at radius 1 is 0.941 bits per heavy atom. The smallest absolute Gasteiger partial charge is 0.227 e. The van der Waals surface area contributed by atoms with Crippen molar-refractivity contribution in [3.8, 4) is 0 Å². The molecule has 0 radical (unpaired) electrons. The van der Waals surface area contributed by atoms with E-state index < -0.39 is 10.0 Å². The molecule has 2 fully saturated rings. The molecule has 4 rings (SSSR count). The Labute approximate surface area is 211 Å². The molecule has 0 aliphatic carbocycles. The minimum Gasteiger partial charge on any atom is -0.369 e. The molecule has 0 aromatic heterocycles. The number of piperidine rings is 1. The lowest BCUT2D eigenvalue weighted by molar-refractivity contribution is -0.120. The van der Waals surface area contributed by atoms with Crippen LogP contribution in [0.25, 0.3) is 0 Å². The molecule has 2 aromatic rings. The largest absolute Gasteiger partial charge is 0.369 e. The second-order valence-electron chi connectivity index (χ2n) is 8.96. The first kappa shape index (κ1) is 25.3. The van der Waals surface area contributed by atoms with E-state index in [9.17, 15) is 13.2 Å². The molecule has 1 amide bonds. The predicted octanol–water partition coefficient (Wildman–Crippen LogP) is 3.93. The van der Waals surface area contributed by atoms with Gasteiger partial charge < -0.3 is 15.1 Å².